The molecule has 2 aromatic heterocycles. The Bertz CT molecular complexity index is 1690. The van der Waals surface area contributed by atoms with Gasteiger partial charge in [-0.3, -0.25) is 9.59 Å². The number of aliphatic hydroxyl groups is 1. The molecule has 0 radical (unpaired) electrons. The molecule has 0 saturated carbocycles. The molecule has 210 valence electrons. The fourth-order valence-electron chi connectivity index (χ4n) is 6.62. The standard InChI is InChI=1S/C32H34N6O3/c1-36-17-21(15-26(32(36)41)35-30-10-9-20-16-33-12-11-25(20)34-30)22-6-4-8-27(24(22)19-39)37-13-14-38-28-7-3-2-5-23(28)31(40)29(38)18-37/h4,6,8-10,15,17-18,33,39H,2-3,5,7,11-14,16,19H2,1H3,(H,34,35). The molecule has 0 spiro atoms. The summed E-state index contributed by atoms with van der Waals surface area (Å²) in [7, 11) is 1.73. The van der Waals surface area contributed by atoms with Crippen molar-refractivity contribution in [1.29, 1.82) is 0 Å². The molecule has 1 aliphatic carbocycles. The average Bonchev–Trinajstić information content (AvgIpc) is 3.30. The first-order chi connectivity index (χ1) is 20.0. The predicted octanol–water partition coefficient (Wildman–Crippen LogP) is 3.70. The highest BCUT2D eigenvalue weighted by Gasteiger charge is 2.38. The predicted molar refractivity (Wildman–Crippen MR) is 159 cm³/mol. The number of aliphatic hydroxyl groups excluding tert-OH is 1. The van der Waals surface area contributed by atoms with Gasteiger partial charge in [0.15, 0.2) is 0 Å². The molecule has 9 nitrogen and oxygen atoms in total. The number of allylic oxidation sites excluding steroid dienone is 2. The molecule has 0 atom stereocenters. The normalized spacial score (nSPS) is 18.2. The SMILES string of the molecule is Cn1cc(-c2cccc(N3C=C4C(=O)C5=C(CCCC5)N4CC3)c2CO)cc(Nc2ccc3c(n2)CCNC3)c1=O. The Morgan fingerprint density at radius 2 is 1.95 bits per heavy atom. The fourth-order valence-corrected chi connectivity index (χ4v) is 6.62. The zero-order valence-electron chi connectivity index (χ0n) is 23.2. The van der Waals surface area contributed by atoms with E-state index in [1.54, 1.807) is 17.8 Å². The van der Waals surface area contributed by atoms with E-state index in [0.717, 1.165) is 91.1 Å². The first kappa shape index (κ1) is 25.7. The van der Waals surface area contributed by atoms with Crippen LogP contribution < -0.4 is 21.1 Å². The molecular formula is C32H34N6O3. The molecule has 4 aliphatic rings. The van der Waals surface area contributed by atoms with Crippen LogP contribution in [-0.2, 0) is 31.4 Å². The quantitative estimate of drug-likeness (QED) is 0.442. The van der Waals surface area contributed by atoms with Crippen LogP contribution in [0.15, 0.2) is 70.6 Å². The van der Waals surface area contributed by atoms with Crippen LogP contribution in [0.4, 0.5) is 17.2 Å². The second-order valence-corrected chi connectivity index (χ2v) is 11.2. The van der Waals surface area contributed by atoms with Crippen LogP contribution in [0, 0.1) is 0 Å². The maximum atomic E-state index is 13.2. The number of carbonyl (C=O) groups excluding carboxylic acids is 1. The number of anilines is 3. The van der Waals surface area contributed by atoms with Gasteiger partial charge in [0, 0.05) is 85.8 Å². The van der Waals surface area contributed by atoms with E-state index in [2.05, 4.69) is 20.4 Å². The third-order valence-electron chi connectivity index (χ3n) is 8.70. The van der Waals surface area contributed by atoms with E-state index >= 15 is 0 Å². The minimum Gasteiger partial charge on any atom is -0.392 e. The van der Waals surface area contributed by atoms with Gasteiger partial charge in [-0.25, -0.2) is 4.98 Å². The molecule has 3 N–H and O–H groups in total. The van der Waals surface area contributed by atoms with E-state index in [4.69, 9.17) is 4.98 Å². The summed E-state index contributed by atoms with van der Waals surface area (Å²) in [4.78, 5) is 35.4. The minimum atomic E-state index is -0.177. The molecule has 9 heteroatoms. The Hall–Kier alpha value is -4.21. The number of benzene rings is 1. The van der Waals surface area contributed by atoms with E-state index in [1.165, 1.54) is 11.3 Å². The smallest absolute Gasteiger partial charge is 0.274 e. The summed E-state index contributed by atoms with van der Waals surface area (Å²) in [6.45, 7) is 2.97. The third kappa shape index (κ3) is 4.45. The second kappa shape index (κ2) is 10.3. The van der Waals surface area contributed by atoms with Crippen molar-refractivity contribution in [1.82, 2.24) is 19.8 Å². The zero-order chi connectivity index (χ0) is 28.1. The molecule has 0 saturated heterocycles. The lowest BCUT2D eigenvalue weighted by Crippen LogP contribution is -2.37. The van der Waals surface area contributed by atoms with Crippen molar-refractivity contribution < 1.29 is 9.90 Å². The van der Waals surface area contributed by atoms with Gasteiger partial charge in [0.25, 0.3) is 5.56 Å². The Morgan fingerprint density at radius 3 is 2.83 bits per heavy atom. The molecule has 5 heterocycles. The number of ketones is 1. The number of carbonyl (C=O) groups is 1. The maximum absolute atomic E-state index is 13.2. The van der Waals surface area contributed by atoms with Crippen LogP contribution in [-0.4, -0.2) is 45.0 Å². The minimum absolute atomic E-state index is 0.145. The van der Waals surface area contributed by atoms with Crippen molar-refractivity contribution in [2.45, 2.75) is 45.3 Å². The number of fused-ring (bicyclic) bond motifs is 3. The molecule has 0 bridgehead atoms. The monoisotopic (exact) mass is 550 g/mol. The number of rotatable bonds is 5. The Morgan fingerprint density at radius 1 is 1.07 bits per heavy atom. The van der Waals surface area contributed by atoms with Crippen molar-refractivity contribution in [3.8, 4) is 11.1 Å². The van der Waals surface area contributed by atoms with Gasteiger partial charge >= 0.3 is 0 Å². The Kier molecular flexibility index (Phi) is 6.48. The van der Waals surface area contributed by atoms with Gasteiger partial charge in [0.2, 0.25) is 5.78 Å². The number of nitrogens with one attached hydrogen (secondary N) is 2. The molecule has 41 heavy (non-hydrogen) atoms. The Balaban J connectivity index is 1.23. The summed E-state index contributed by atoms with van der Waals surface area (Å²) in [5.74, 6) is 0.782. The second-order valence-electron chi connectivity index (χ2n) is 11.2. The third-order valence-corrected chi connectivity index (χ3v) is 8.70. The van der Waals surface area contributed by atoms with Gasteiger partial charge in [0.1, 0.15) is 17.2 Å². The van der Waals surface area contributed by atoms with Gasteiger partial charge in [-0.15, -0.1) is 0 Å². The highest BCUT2D eigenvalue weighted by atomic mass is 16.3. The van der Waals surface area contributed by atoms with Crippen LogP contribution in [0.2, 0.25) is 0 Å². The molecule has 0 fully saturated rings. The molecule has 7 rings (SSSR count). The molecule has 3 aromatic rings. The topological polar surface area (TPSA) is 103 Å². The Labute approximate surface area is 238 Å². The summed E-state index contributed by atoms with van der Waals surface area (Å²) in [6.07, 6.45) is 8.64. The summed E-state index contributed by atoms with van der Waals surface area (Å²) >= 11 is 0. The highest BCUT2D eigenvalue weighted by molar-refractivity contribution is 6.11. The van der Waals surface area contributed by atoms with E-state index in [-0.39, 0.29) is 17.9 Å². The van der Waals surface area contributed by atoms with Crippen LogP contribution >= 0.6 is 0 Å². The van der Waals surface area contributed by atoms with Crippen LogP contribution in [0.1, 0.15) is 42.5 Å². The number of nitrogens with zero attached hydrogens (tertiary/aromatic N) is 4. The van der Waals surface area contributed by atoms with Gasteiger partial charge in [0.05, 0.1) is 6.61 Å². The molecule has 0 unspecified atom stereocenters. The maximum Gasteiger partial charge on any atom is 0.274 e. The first-order valence-corrected chi connectivity index (χ1v) is 14.4. The fraction of sp³-hybridized carbons (Fsp3) is 0.344. The number of pyridine rings is 2. The lowest BCUT2D eigenvalue weighted by atomic mass is 9.96. The van der Waals surface area contributed by atoms with E-state index in [1.807, 2.05) is 42.6 Å². The van der Waals surface area contributed by atoms with Crippen molar-refractivity contribution in [2.24, 2.45) is 7.05 Å². The summed E-state index contributed by atoms with van der Waals surface area (Å²) in [6, 6.07) is 11.7. The van der Waals surface area contributed by atoms with Crippen molar-refractivity contribution in [2.75, 3.05) is 29.9 Å². The molecule has 3 aliphatic heterocycles. The molecular weight excluding hydrogens is 516 g/mol. The number of aromatic nitrogens is 2. The van der Waals surface area contributed by atoms with Crippen molar-refractivity contribution in [3.63, 3.8) is 0 Å². The lowest BCUT2D eigenvalue weighted by molar-refractivity contribution is -0.112. The highest BCUT2D eigenvalue weighted by Crippen LogP contribution is 2.41. The van der Waals surface area contributed by atoms with Gasteiger partial charge in [-0.1, -0.05) is 18.2 Å². The van der Waals surface area contributed by atoms with Crippen LogP contribution in [0.3, 0.4) is 0 Å². The van der Waals surface area contributed by atoms with Crippen molar-refractivity contribution >= 4 is 23.0 Å². The average molecular weight is 551 g/mol. The number of hydrogen-bond donors (Lipinski definition) is 3. The molecule has 1 aromatic carbocycles. The summed E-state index contributed by atoms with van der Waals surface area (Å²) in [5, 5.41) is 17.2. The summed E-state index contributed by atoms with van der Waals surface area (Å²) < 4.78 is 1.56. The number of aryl methyl sites for hydroxylation is 1. The van der Waals surface area contributed by atoms with E-state index in [9.17, 15) is 14.7 Å². The van der Waals surface area contributed by atoms with E-state index < -0.39 is 0 Å². The van der Waals surface area contributed by atoms with Gasteiger partial charge < -0.3 is 30.1 Å². The molecule has 0 amide bonds. The van der Waals surface area contributed by atoms with Gasteiger partial charge in [-0.05, 0) is 55.0 Å². The van der Waals surface area contributed by atoms with Gasteiger partial charge in [-0.2, -0.15) is 0 Å². The van der Waals surface area contributed by atoms with E-state index in [0.29, 0.717) is 18.1 Å². The largest absolute Gasteiger partial charge is 0.392 e. The number of hydrogen-bond acceptors (Lipinski definition) is 8. The van der Waals surface area contributed by atoms with Crippen LogP contribution in [0.25, 0.3) is 11.1 Å². The zero-order valence-corrected chi connectivity index (χ0v) is 23.2. The van der Waals surface area contributed by atoms with Crippen molar-refractivity contribution in [3.05, 3.63) is 92.9 Å². The number of Topliss-reactive ketones (excluding diaryl/α,β-unsaturated/α-hetero) is 1. The van der Waals surface area contributed by atoms with Crippen LogP contribution in [0.5, 0.6) is 0 Å². The first-order valence-electron chi connectivity index (χ1n) is 14.4. The summed E-state index contributed by atoms with van der Waals surface area (Å²) in [5.41, 5.74) is 8.68. The lowest BCUT2D eigenvalue weighted by Gasteiger charge is -2.35.